The molecule has 2 N–H and O–H groups in total. The third-order valence-corrected chi connectivity index (χ3v) is 4.15. The van der Waals surface area contributed by atoms with Gasteiger partial charge >= 0.3 is 5.69 Å². The van der Waals surface area contributed by atoms with Gasteiger partial charge in [-0.1, -0.05) is 0 Å². The van der Waals surface area contributed by atoms with E-state index in [0.29, 0.717) is 23.8 Å². The van der Waals surface area contributed by atoms with Crippen LogP contribution in [0.15, 0.2) is 17.6 Å². The molecule has 1 fully saturated rings. The Morgan fingerprint density at radius 2 is 2.47 bits per heavy atom. The van der Waals surface area contributed by atoms with Gasteiger partial charge < -0.3 is 10.6 Å². The molecule has 1 aromatic heterocycles. The highest BCUT2D eigenvalue weighted by molar-refractivity contribution is 7.16. The highest BCUT2D eigenvalue weighted by atomic mass is 32.1. The molecule has 1 aromatic carbocycles. The summed E-state index contributed by atoms with van der Waals surface area (Å²) in [5.41, 5.74) is 2.74. The zero-order valence-corrected chi connectivity index (χ0v) is 11.1. The van der Waals surface area contributed by atoms with Crippen LogP contribution in [0.5, 0.6) is 0 Å². The number of nitro groups is 1. The van der Waals surface area contributed by atoms with E-state index in [1.54, 1.807) is 11.6 Å². The molecule has 1 atom stereocenters. The third kappa shape index (κ3) is 2.39. The van der Waals surface area contributed by atoms with Gasteiger partial charge in [-0.3, -0.25) is 10.1 Å². The summed E-state index contributed by atoms with van der Waals surface area (Å²) < 4.78 is 0.844. The molecular formula is C12H14N4O2S. The van der Waals surface area contributed by atoms with Crippen molar-refractivity contribution in [3.63, 3.8) is 0 Å². The first-order valence-electron chi connectivity index (χ1n) is 6.23. The summed E-state index contributed by atoms with van der Waals surface area (Å²) in [6.45, 7) is 1.73. The van der Waals surface area contributed by atoms with Crippen LogP contribution < -0.4 is 10.6 Å². The highest BCUT2D eigenvalue weighted by Gasteiger charge is 2.21. The quantitative estimate of drug-likeness (QED) is 0.663. The van der Waals surface area contributed by atoms with E-state index in [-0.39, 0.29) is 10.6 Å². The van der Waals surface area contributed by atoms with Gasteiger partial charge in [0.15, 0.2) is 5.52 Å². The van der Waals surface area contributed by atoms with Crippen LogP contribution in [0.4, 0.5) is 11.4 Å². The molecule has 0 bridgehead atoms. The summed E-state index contributed by atoms with van der Waals surface area (Å²) in [5, 5.41) is 17.8. The smallest absolute Gasteiger partial charge is 0.319 e. The minimum Gasteiger partial charge on any atom is -0.378 e. The molecule has 0 radical (unpaired) electrons. The second-order valence-corrected chi connectivity index (χ2v) is 5.48. The molecule has 2 heterocycles. The van der Waals surface area contributed by atoms with Gasteiger partial charge in [-0.2, -0.15) is 0 Å². The van der Waals surface area contributed by atoms with E-state index < -0.39 is 0 Å². The number of hydrogen-bond donors (Lipinski definition) is 2. The molecule has 19 heavy (non-hydrogen) atoms. The lowest BCUT2D eigenvalue weighted by Gasteiger charge is -2.12. The minimum absolute atomic E-state index is 0.0803. The number of benzene rings is 1. The summed E-state index contributed by atoms with van der Waals surface area (Å²) in [7, 11) is 0. The van der Waals surface area contributed by atoms with E-state index >= 15 is 0 Å². The molecule has 100 valence electrons. The molecule has 0 spiro atoms. The lowest BCUT2D eigenvalue weighted by atomic mass is 10.2. The van der Waals surface area contributed by atoms with Crippen molar-refractivity contribution >= 4 is 32.9 Å². The van der Waals surface area contributed by atoms with E-state index in [1.165, 1.54) is 17.8 Å². The number of aromatic nitrogens is 1. The second-order valence-electron chi connectivity index (χ2n) is 4.59. The first-order chi connectivity index (χ1) is 9.25. The van der Waals surface area contributed by atoms with Crippen molar-refractivity contribution < 1.29 is 4.92 Å². The maximum absolute atomic E-state index is 11.2. The number of anilines is 1. The summed E-state index contributed by atoms with van der Waals surface area (Å²) >= 11 is 1.42. The second kappa shape index (κ2) is 5.10. The molecule has 3 rings (SSSR count). The standard InChI is InChI=1S/C12H14N4O2S/c17-16(18)12-9(14-6-8-2-1-5-13-8)3-4-10-11(12)15-7-19-10/h3-4,7-8,13-14H,1-2,5-6H2. The van der Waals surface area contributed by atoms with Crippen molar-refractivity contribution in [3.05, 3.63) is 27.8 Å². The lowest BCUT2D eigenvalue weighted by Crippen LogP contribution is -2.29. The number of nitro benzene ring substituents is 1. The van der Waals surface area contributed by atoms with Crippen molar-refractivity contribution in [2.45, 2.75) is 18.9 Å². The Bertz CT molecular complexity index is 607. The number of hydrogen-bond acceptors (Lipinski definition) is 6. The molecule has 1 aliphatic heterocycles. The Hall–Kier alpha value is -1.73. The van der Waals surface area contributed by atoms with Crippen LogP contribution in [-0.4, -0.2) is 29.0 Å². The number of thiazole rings is 1. The first-order valence-corrected chi connectivity index (χ1v) is 7.11. The highest BCUT2D eigenvalue weighted by Crippen LogP contribution is 2.34. The van der Waals surface area contributed by atoms with Crippen LogP contribution in [0.3, 0.4) is 0 Å². The molecule has 0 amide bonds. The fourth-order valence-electron chi connectivity index (χ4n) is 2.41. The van der Waals surface area contributed by atoms with Crippen molar-refractivity contribution in [1.82, 2.24) is 10.3 Å². The molecule has 0 saturated carbocycles. The van der Waals surface area contributed by atoms with Crippen molar-refractivity contribution in [2.24, 2.45) is 0 Å². The Balaban J connectivity index is 1.88. The molecule has 0 aliphatic carbocycles. The summed E-state index contributed by atoms with van der Waals surface area (Å²) in [5.74, 6) is 0. The molecule has 7 heteroatoms. The van der Waals surface area contributed by atoms with Gasteiger partial charge in [-0.15, -0.1) is 11.3 Å². The molecule has 2 aromatic rings. The molecule has 6 nitrogen and oxygen atoms in total. The van der Waals surface area contributed by atoms with Crippen molar-refractivity contribution in [1.29, 1.82) is 0 Å². The minimum atomic E-state index is -0.355. The lowest BCUT2D eigenvalue weighted by molar-refractivity contribution is -0.382. The predicted octanol–water partition coefficient (Wildman–Crippen LogP) is 2.37. The van der Waals surface area contributed by atoms with Gasteiger partial charge in [-0.25, -0.2) is 4.98 Å². The van der Waals surface area contributed by atoms with E-state index in [1.807, 2.05) is 6.07 Å². The van der Waals surface area contributed by atoms with E-state index in [0.717, 1.165) is 17.7 Å². The van der Waals surface area contributed by atoms with E-state index in [9.17, 15) is 10.1 Å². The number of nitrogens with one attached hydrogen (secondary N) is 2. The summed E-state index contributed by atoms with van der Waals surface area (Å²) in [6, 6.07) is 4.05. The largest absolute Gasteiger partial charge is 0.378 e. The van der Waals surface area contributed by atoms with Gasteiger partial charge in [0.1, 0.15) is 5.69 Å². The van der Waals surface area contributed by atoms with Crippen molar-refractivity contribution in [3.8, 4) is 0 Å². The van der Waals surface area contributed by atoms with Gasteiger partial charge in [0.25, 0.3) is 0 Å². The normalized spacial score (nSPS) is 18.8. The van der Waals surface area contributed by atoms with Crippen LogP contribution in [-0.2, 0) is 0 Å². The Morgan fingerprint density at radius 3 is 3.21 bits per heavy atom. The third-order valence-electron chi connectivity index (χ3n) is 3.36. The average molecular weight is 278 g/mol. The Morgan fingerprint density at radius 1 is 1.58 bits per heavy atom. The number of rotatable bonds is 4. The SMILES string of the molecule is O=[N+]([O-])c1c(NCC2CCCN2)ccc2scnc12. The monoisotopic (exact) mass is 278 g/mol. The van der Waals surface area contributed by atoms with Crippen LogP contribution in [0.2, 0.25) is 0 Å². The molecule has 1 saturated heterocycles. The van der Waals surface area contributed by atoms with Crippen LogP contribution in [0, 0.1) is 10.1 Å². The fraction of sp³-hybridized carbons (Fsp3) is 0.417. The molecule has 1 aliphatic rings. The average Bonchev–Trinajstić information content (AvgIpc) is 3.06. The van der Waals surface area contributed by atoms with Crippen LogP contribution in [0.25, 0.3) is 10.2 Å². The Kier molecular flexibility index (Phi) is 3.31. The van der Waals surface area contributed by atoms with Crippen molar-refractivity contribution in [2.75, 3.05) is 18.4 Å². The van der Waals surface area contributed by atoms with Gasteiger partial charge in [0, 0.05) is 12.6 Å². The van der Waals surface area contributed by atoms with Gasteiger partial charge in [-0.05, 0) is 31.5 Å². The maximum Gasteiger partial charge on any atom is 0.319 e. The first kappa shape index (κ1) is 12.3. The fourth-order valence-corrected chi connectivity index (χ4v) is 3.09. The summed E-state index contributed by atoms with van der Waals surface area (Å²) in [6.07, 6.45) is 2.28. The predicted molar refractivity (Wildman–Crippen MR) is 75.8 cm³/mol. The number of nitrogens with zero attached hydrogens (tertiary/aromatic N) is 2. The maximum atomic E-state index is 11.2. The molecule has 1 unspecified atom stereocenters. The van der Waals surface area contributed by atoms with E-state index in [2.05, 4.69) is 15.6 Å². The topological polar surface area (TPSA) is 80.1 Å². The van der Waals surface area contributed by atoms with E-state index in [4.69, 9.17) is 0 Å². The molecular weight excluding hydrogens is 264 g/mol. The van der Waals surface area contributed by atoms with Gasteiger partial charge in [0.2, 0.25) is 0 Å². The summed E-state index contributed by atoms with van der Waals surface area (Å²) in [4.78, 5) is 15.0. The number of fused-ring (bicyclic) bond motifs is 1. The zero-order chi connectivity index (χ0) is 13.2. The van der Waals surface area contributed by atoms with Gasteiger partial charge in [0.05, 0.1) is 15.1 Å². The van der Waals surface area contributed by atoms with Crippen LogP contribution in [0.1, 0.15) is 12.8 Å². The Labute approximate surface area is 114 Å². The zero-order valence-electron chi connectivity index (χ0n) is 10.3. The van der Waals surface area contributed by atoms with Crippen LogP contribution >= 0.6 is 11.3 Å².